The summed E-state index contributed by atoms with van der Waals surface area (Å²) < 4.78 is 5.55. The average Bonchev–Trinajstić information content (AvgIpc) is 2.72. The first-order chi connectivity index (χ1) is 10.3. The Kier molecular flexibility index (Phi) is 4.69. The smallest absolute Gasteiger partial charge is 0.119 e. The first-order valence-electron chi connectivity index (χ1n) is 8.54. The van der Waals surface area contributed by atoms with Gasteiger partial charge >= 0.3 is 0 Å². The summed E-state index contributed by atoms with van der Waals surface area (Å²) in [4.78, 5) is 2.57. The molecule has 1 heterocycles. The lowest BCUT2D eigenvalue weighted by Crippen LogP contribution is -2.52. The topological polar surface area (TPSA) is 24.5 Å². The molecule has 1 aromatic carbocycles. The third-order valence-electron chi connectivity index (χ3n) is 4.92. The highest BCUT2D eigenvalue weighted by Crippen LogP contribution is 2.32. The van der Waals surface area contributed by atoms with Crippen molar-refractivity contribution in [2.24, 2.45) is 0 Å². The molecule has 1 N–H and O–H groups in total. The molecular formula is C18H28N2O. The molecule has 0 radical (unpaired) electrons. The van der Waals surface area contributed by atoms with Crippen molar-refractivity contribution in [3.63, 3.8) is 0 Å². The number of hydrogen-bond acceptors (Lipinski definition) is 3. The zero-order valence-corrected chi connectivity index (χ0v) is 13.2. The summed E-state index contributed by atoms with van der Waals surface area (Å²) >= 11 is 0. The van der Waals surface area contributed by atoms with Crippen LogP contribution < -0.4 is 15.0 Å². The van der Waals surface area contributed by atoms with Gasteiger partial charge in [-0.05, 0) is 57.0 Å². The molecule has 116 valence electrons. The monoisotopic (exact) mass is 288 g/mol. The minimum atomic E-state index is 0.355. The van der Waals surface area contributed by atoms with Gasteiger partial charge in [0.15, 0.2) is 0 Å². The van der Waals surface area contributed by atoms with Gasteiger partial charge in [0.2, 0.25) is 0 Å². The average molecular weight is 288 g/mol. The van der Waals surface area contributed by atoms with Crippen LogP contribution >= 0.6 is 0 Å². The van der Waals surface area contributed by atoms with Gasteiger partial charge in [0.1, 0.15) is 5.75 Å². The van der Waals surface area contributed by atoms with Crippen LogP contribution in [0.3, 0.4) is 0 Å². The van der Waals surface area contributed by atoms with Crippen LogP contribution in [0.15, 0.2) is 24.3 Å². The van der Waals surface area contributed by atoms with Crippen molar-refractivity contribution >= 4 is 5.69 Å². The highest BCUT2D eigenvalue weighted by Gasteiger charge is 2.34. The lowest BCUT2D eigenvalue weighted by Gasteiger charge is -2.40. The van der Waals surface area contributed by atoms with Crippen LogP contribution in [0.5, 0.6) is 5.75 Å². The van der Waals surface area contributed by atoms with Crippen molar-refractivity contribution in [1.82, 2.24) is 5.32 Å². The molecule has 3 nitrogen and oxygen atoms in total. The quantitative estimate of drug-likeness (QED) is 0.920. The first kappa shape index (κ1) is 14.7. The summed E-state index contributed by atoms with van der Waals surface area (Å²) in [6, 6.07) is 8.63. The zero-order chi connectivity index (χ0) is 14.5. The van der Waals surface area contributed by atoms with Crippen molar-refractivity contribution in [1.29, 1.82) is 0 Å². The number of rotatable bonds is 3. The van der Waals surface area contributed by atoms with E-state index in [1.807, 2.05) is 6.92 Å². The fourth-order valence-corrected chi connectivity index (χ4v) is 3.83. The van der Waals surface area contributed by atoms with Gasteiger partial charge in [0, 0.05) is 24.3 Å². The third-order valence-corrected chi connectivity index (χ3v) is 4.92. The van der Waals surface area contributed by atoms with Crippen LogP contribution in [-0.2, 0) is 0 Å². The highest BCUT2D eigenvalue weighted by atomic mass is 16.5. The largest absolute Gasteiger partial charge is 0.494 e. The van der Waals surface area contributed by atoms with Gasteiger partial charge in [-0.2, -0.15) is 0 Å². The van der Waals surface area contributed by atoms with E-state index in [1.165, 1.54) is 44.2 Å². The molecule has 1 aromatic rings. The van der Waals surface area contributed by atoms with Crippen LogP contribution in [0.4, 0.5) is 5.69 Å². The number of hydrogen-bond donors (Lipinski definition) is 1. The third kappa shape index (κ3) is 3.52. The summed E-state index contributed by atoms with van der Waals surface area (Å²) in [6.07, 6.45) is 8.07. The second-order valence-electron chi connectivity index (χ2n) is 6.47. The van der Waals surface area contributed by atoms with Gasteiger partial charge in [0.25, 0.3) is 0 Å². The number of nitrogens with zero attached hydrogens (tertiary/aromatic N) is 1. The van der Waals surface area contributed by atoms with E-state index in [0.717, 1.165) is 32.0 Å². The SMILES string of the molecule is CCOc1ccc(N2CCCNC3(CCCCC3)C2)cc1. The molecule has 3 heteroatoms. The Labute approximate surface area is 128 Å². The van der Waals surface area contributed by atoms with Gasteiger partial charge in [-0.3, -0.25) is 0 Å². The standard InChI is InChI=1S/C18H28N2O/c1-2-21-17-9-7-16(8-10-17)20-14-6-13-19-18(15-20)11-4-3-5-12-18/h7-10,19H,2-6,11-15H2,1H3. The summed E-state index contributed by atoms with van der Waals surface area (Å²) in [7, 11) is 0. The first-order valence-corrected chi connectivity index (χ1v) is 8.54. The van der Waals surface area contributed by atoms with Crippen molar-refractivity contribution in [3.8, 4) is 5.75 Å². The Morgan fingerprint density at radius 3 is 2.57 bits per heavy atom. The Balaban J connectivity index is 1.73. The Bertz CT molecular complexity index is 437. The fourth-order valence-electron chi connectivity index (χ4n) is 3.83. The van der Waals surface area contributed by atoms with Gasteiger partial charge in [-0.1, -0.05) is 19.3 Å². The molecule has 1 saturated carbocycles. The maximum atomic E-state index is 5.55. The Morgan fingerprint density at radius 2 is 1.86 bits per heavy atom. The van der Waals surface area contributed by atoms with Crippen molar-refractivity contribution in [3.05, 3.63) is 24.3 Å². The van der Waals surface area contributed by atoms with E-state index in [-0.39, 0.29) is 0 Å². The molecule has 1 saturated heterocycles. The van der Waals surface area contributed by atoms with Crippen molar-refractivity contribution in [2.45, 2.75) is 51.0 Å². The summed E-state index contributed by atoms with van der Waals surface area (Å²) in [5, 5.41) is 3.86. The van der Waals surface area contributed by atoms with E-state index >= 15 is 0 Å². The lowest BCUT2D eigenvalue weighted by atomic mass is 9.81. The minimum absolute atomic E-state index is 0.355. The molecule has 1 aliphatic carbocycles. The number of anilines is 1. The molecule has 0 bridgehead atoms. The number of benzene rings is 1. The molecule has 2 aliphatic rings. The van der Waals surface area contributed by atoms with Gasteiger partial charge in [-0.15, -0.1) is 0 Å². The van der Waals surface area contributed by atoms with Gasteiger partial charge < -0.3 is 15.0 Å². The Hall–Kier alpha value is -1.22. The zero-order valence-electron chi connectivity index (χ0n) is 13.2. The second kappa shape index (κ2) is 6.69. The van der Waals surface area contributed by atoms with Gasteiger partial charge in [0.05, 0.1) is 6.61 Å². The molecule has 3 rings (SSSR count). The highest BCUT2D eigenvalue weighted by molar-refractivity contribution is 5.49. The van der Waals surface area contributed by atoms with E-state index in [0.29, 0.717) is 5.54 Å². The molecule has 0 atom stereocenters. The van der Waals surface area contributed by atoms with E-state index in [9.17, 15) is 0 Å². The van der Waals surface area contributed by atoms with E-state index < -0.39 is 0 Å². The van der Waals surface area contributed by atoms with Crippen LogP contribution in [0, 0.1) is 0 Å². The van der Waals surface area contributed by atoms with Crippen molar-refractivity contribution < 1.29 is 4.74 Å². The molecule has 1 spiro atoms. The molecule has 1 aliphatic heterocycles. The molecular weight excluding hydrogens is 260 g/mol. The lowest BCUT2D eigenvalue weighted by molar-refractivity contribution is 0.246. The fraction of sp³-hybridized carbons (Fsp3) is 0.667. The summed E-state index contributed by atoms with van der Waals surface area (Å²) in [6.45, 7) is 6.23. The second-order valence-corrected chi connectivity index (χ2v) is 6.47. The van der Waals surface area contributed by atoms with E-state index in [2.05, 4.69) is 34.5 Å². The predicted octanol–water partition coefficient (Wildman–Crippen LogP) is 3.59. The number of nitrogens with one attached hydrogen (secondary N) is 1. The molecule has 0 unspecified atom stereocenters. The van der Waals surface area contributed by atoms with Crippen LogP contribution in [0.25, 0.3) is 0 Å². The maximum absolute atomic E-state index is 5.55. The predicted molar refractivity (Wildman–Crippen MR) is 88.3 cm³/mol. The molecule has 21 heavy (non-hydrogen) atoms. The van der Waals surface area contributed by atoms with Crippen LogP contribution in [0.2, 0.25) is 0 Å². The van der Waals surface area contributed by atoms with Crippen molar-refractivity contribution in [2.75, 3.05) is 31.1 Å². The summed E-state index contributed by atoms with van der Waals surface area (Å²) in [5.74, 6) is 0.974. The normalized spacial score (nSPS) is 22.0. The van der Waals surface area contributed by atoms with E-state index in [4.69, 9.17) is 4.74 Å². The van der Waals surface area contributed by atoms with Crippen LogP contribution in [0.1, 0.15) is 45.4 Å². The summed E-state index contributed by atoms with van der Waals surface area (Å²) in [5.41, 5.74) is 1.69. The van der Waals surface area contributed by atoms with Crippen LogP contribution in [-0.4, -0.2) is 31.8 Å². The Morgan fingerprint density at radius 1 is 1.10 bits per heavy atom. The van der Waals surface area contributed by atoms with Gasteiger partial charge in [-0.25, -0.2) is 0 Å². The molecule has 0 aromatic heterocycles. The van der Waals surface area contributed by atoms with E-state index in [1.54, 1.807) is 0 Å². The maximum Gasteiger partial charge on any atom is 0.119 e. The molecule has 0 amide bonds. The molecule has 2 fully saturated rings. The minimum Gasteiger partial charge on any atom is -0.494 e. The number of ether oxygens (including phenoxy) is 1.